The van der Waals surface area contributed by atoms with Crippen molar-refractivity contribution in [3.05, 3.63) is 35.4 Å². The fraction of sp³-hybridized carbons (Fsp3) is 0.556. The molecule has 0 radical (unpaired) electrons. The third-order valence-corrected chi connectivity index (χ3v) is 4.54. The molecule has 4 N–H and O–H groups in total. The van der Waals surface area contributed by atoms with E-state index in [0.717, 1.165) is 19.3 Å². The van der Waals surface area contributed by atoms with Crippen molar-refractivity contribution in [1.82, 2.24) is 5.32 Å². The molecule has 1 aromatic rings. The Bertz CT molecular complexity index is 595. The van der Waals surface area contributed by atoms with Crippen LogP contribution in [0.15, 0.2) is 24.3 Å². The molecule has 0 saturated heterocycles. The van der Waals surface area contributed by atoms with Gasteiger partial charge in [-0.25, -0.2) is 4.79 Å². The van der Waals surface area contributed by atoms with Crippen LogP contribution in [-0.2, 0) is 0 Å². The number of carboxylic acids is 1. The lowest BCUT2D eigenvalue weighted by Gasteiger charge is -2.45. The van der Waals surface area contributed by atoms with Gasteiger partial charge in [-0.1, -0.05) is 20.8 Å². The molecule has 1 aliphatic carbocycles. The number of aromatic carboxylic acids is 1. The second-order valence-corrected chi connectivity index (χ2v) is 7.89. The van der Waals surface area contributed by atoms with Crippen molar-refractivity contribution in [2.45, 2.75) is 46.1 Å². The predicted molar refractivity (Wildman–Crippen MR) is 89.4 cm³/mol. The molecule has 1 saturated carbocycles. The van der Waals surface area contributed by atoms with Gasteiger partial charge in [0.1, 0.15) is 0 Å². The molecule has 2 unspecified atom stereocenters. The van der Waals surface area contributed by atoms with Gasteiger partial charge >= 0.3 is 5.97 Å². The molecule has 23 heavy (non-hydrogen) atoms. The predicted octanol–water partition coefficient (Wildman–Crippen LogP) is 2.66. The van der Waals surface area contributed by atoms with Gasteiger partial charge in [-0.2, -0.15) is 0 Å². The zero-order valence-electron chi connectivity index (χ0n) is 14.1. The standard InChI is InChI=1S/C18H26N2O3/c1-17(2)8-14(19)9-18(3,10-17)11-20-15(21)12-4-6-13(7-5-12)16(22)23/h4-7,14H,8-11,19H2,1-3H3,(H,20,21)(H,22,23). The number of nitrogens with one attached hydrogen (secondary N) is 1. The average molecular weight is 318 g/mol. The smallest absolute Gasteiger partial charge is 0.335 e. The van der Waals surface area contributed by atoms with Gasteiger partial charge in [-0.15, -0.1) is 0 Å². The Morgan fingerprint density at radius 1 is 1.17 bits per heavy atom. The van der Waals surface area contributed by atoms with Crippen LogP contribution < -0.4 is 11.1 Å². The molecule has 1 fully saturated rings. The quantitative estimate of drug-likeness (QED) is 0.795. The summed E-state index contributed by atoms with van der Waals surface area (Å²) in [5.41, 5.74) is 6.99. The Hall–Kier alpha value is -1.88. The molecule has 0 bridgehead atoms. The van der Waals surface area contributed by atoms with Crippen molar-refractivity contribution in [3.8, 4) is 0 Å². The first-order valence-corrected chi connectivity index (χ1v) is 7.97. The van der Waals surface area contributed by atoms with Crippen LogP contribution in [0.5, 0.6) is 0 Å². The fourth-order valence-corrected chi connectivity index (χ4v) is 4.01. The van der Waals surface area contributed by atoms with E-state index >= 15 is 0 Å². The summed E-state index contributed by atoms with van der Waals surface area (Å²) in [6.07, 6.45) is 2.92. The summed E-state index contributed by atoms with van der Waals surface area (Å²) < 4.78 is 0. The highest BCUT2D eigenvalue weighted by atomic mass is 16.4. The topological polar surface area (TPSA) is 92.4 Å². The summed E-state index contributed by atoms with van der Waals surface area (Å²) in [5, 5.41) is 11.9. The zero-order valence-corrected chi connectivity index (χ0v) is 14.1. The van der Waals surface area contributed by atoms with Crippen molar-refractivity contribution in [2.24, 2.45) is 16.6 Å². The highest BCUT2D eigenvalue weighted by Crippen LogP contribution is 2.45. The highest BCUT2D eigenvalue weighted by Gasteiger charge is 2.40. The number of carboxylic acid groups (broad SMARTS) is 1. The summed E-state index contributed by atoms with van der Waals surface area (Å²) in [4.78, 5) is 23.1. The van der Waals surface area contributed by atoms with Gasteiger partial charge in [-0.05, 0) is 54.4 Å². The largest absolute Gasteiger partial charge is 0.478 e. The van der Waals surface area contributed by atoms with Crippen molar-refractivity contribution in [2.75, 3.05) is 6.54 Å². The first kappa shape index (κ1) is 17.5. The first-order valence-electron chi connectivity index (χ1n) is 7.97. The maximum Gasteiger partial charge on any atom is 0.335 e. The van der Waals surface area contributed by atoms with E-state index < -0.39 is 5.97 Å². The Kier molecular flexibility index (Phi) is 4.80. The van der Waals surface area contributed by atoms with Gasteiger partial charge in [0.25, 0.3) is 5.91 Å². The summed E-state index contributed by atoms with van der Waals surface area (Å²) in [5.74, 6) is -1.18. The maximum atomic E-state index is 12.3. The molecule has 0 heterocycles. The van der Waals surface area contributed by atoms with E-state index in [2.05, 4.69) is 26.1 Å². The minimum absolute atomic E-state index is 0.0160. The number of hydrogen-bond donors (Lipinski definition) is 3. The number of rotatable bonds is 4. The van der Waals surface area contributed by atoms with Gasteiger partial charge in [0.05, 0.1) is 5.56 Å². The van der Waals surface area contributed by atoms with Crippen LogP contribution >= 0.6 is 0 Å². The van der Waals surface area contributed by atoms with Crippen LogP contribution in [0.3, 0.4) is 0 Å². The molecule has 1 aromatic carbocycles. The number of nitrogens with two attached hydrogens (primary N) is 1. The van der Waals surface area contributed by atoms with Gasteiger partial charge in [0, 0.05) is 18.2 Å². The first-order chi connectivity index (χ1) is 10.6. The van der Waals surface area contributed by atoms with E-state index in [1.807, 2.05) is 0 Å². The molecule has 1 amide bonds. The normalized spacial score (nSPS) is 26.5. The van der Waals surface area contributed by atoms with Crippen LogP contribution in [0, 0.1) is 10.8 Å². The van der Waals surface area contributed by atoms with E-state index in [9.17, 15) is 9.59 Å². The number of benzene rings is 1. The summed E-state index contributed by atoms with van der Waals surface area (Å²) >= 11 is 0. The molecular weight excluding hydrogens is 292 g/mol. The molecule has 2 atom stereocenters. The number of hydrogen-bond acceptors (Lipinski definition) is 3. The van der Waals surface area contributed by atoms with E-state index in [1.165, 1.54) is 24.3 Å². The lowest BCUT2D eigenvalue weighted by molar-refractivity contribution is 0.0696. The Labute approximate surface area is 137 Å². The molecule has 2 rings (SSSR count). The van der Waals surface area contributed by atoms with Gasteiger partial charge in [0.2, 0.25) is 0 Å². The minimum Gasteiger partial charge on any atom is -0.478 e. The Balaban J connectivity index is 1.99. The summed E-state index contributed by atoms with van der Waals surface area (Å²) in [6.45, 7) is 7.18. The highest BCUT2D eigenvalue weighted by molar-refractivity contribution is 5.95. The van der Waals surface area contributed by atoms with Crippen LogP contribution in [0.25, 0.3) is 0 Å². The van der Waals surface area contributed by atoms with Crippen LogP contribution in [0.1, 0.15) is 60.7 Å². The SMILES string of the molecule is CC1(C)CC(N)CC(C)(CNC(=O)c2ccc(C(=O)O)cc2)C1. The molecular formula is C18H26N2O3. The lowest BCUT2D eigenvalue weighted by Crippen LogP contribution is -2.47. The molecule has 0 spiro atoms. The number of carbonyl (C=O) groups is 2. The fourth-order valence-electron chi connectivity index (χ4n) is 4.01. The zero-order chi connectivity index (χ0) is 17.3. The van der Waals surface area contributed by atoms with Crippen LogP contribution in [-0.4, -0.2) is 29.6 Å². The lowest BCUT2D eigenvalue weighted by atomic mass is 9.63. The summed E-state index contributed by atoms with van der Waals surface area (Å²) in [7, 11) is 0. The van der Waals surface area contributed by atoms with Crippen molar-refractivity contribution in [1.29, 1.82) is 0 Å². The third-order valence-electron chi connectivity index (χ3n) is 4.54. The molecule has 126 valence electrons. The van der Waals surface area contributed by atoms with Gasteiger partial charge in [-0.3, -0.25) is 4.79 Å². The molecule has 0 aliphatic heterocycles. The van der Waals surface area contributed by atoms with E-state index in [-0.39, 0.29) is 28.3 Å². The molecule has 5 heteroatoms. The van der Waals surface area contributed by atoms with Crippen molar-refractivity contribution < 1.29 is 14.7 Å². The third kappa shape index (κ3) is 4.55. The molecule has 5 nitrogen and oxygen atoms in total. The molecule has 0 aromatic heterocycles. The van der Waals surface area contributed by atoms with Crippen LogP contribution in [0.4, 0.5) is 0 Å². The second kappa shape index (κ2) is 6.32. The van der Waals surface area contributed by atoms with Crippen molar-refractivity contribution >= 4 is 11.9 Å². The number of amides is 1. The minimum atomic E-state index is -0.997. The Morgan fingerprint density at radius 3 is 2.26 bits per heavy atom. The maximum absolute atomic E-state index is 12.3. The summed E-state index contributed by atoms with van der Waals surface area (Å²) in [6, 6.07) is 6.13. The van der Waals surface area contributed by atoms with Gasteiger partial charge < -0.3 is 16.2 Å². The van der Waals surface area contributed by atoms with E-state index in [1.54, 1.807) is 0 Å². The Morgan fingerprint density at radius 2 is 1.74 bits per heavy atom. The van der Waals surface area contributed by atoms with E-state index in [0.29, 0.717) is 12.1 Å². The second-order valence-electron chi connectivity index (χ2n) is 7.89. The van der Waals surface area contributed by atoms with Gasteiger partial charge in [0.15, 0.2) is 0 Å². The van der Waals surface area contributed by atoms with Crippen molar-refractivity contribution in [3.63, 3.8) is 0 Å². The number of carbonyl (C=O) groups excluding carboxylic acids is 1. The van der Waals surface area contributed by atoms with Crippen LogP contribution in [0.2, 0.25) is 0 Å². The molecule has 1 aliphatic rings. The van der Waals surface area contributed by atoms with E-state index in [4.69, 9.17) is 10.8 Å². The average Bonchev–Trinajstić information content (AvgIpc) is 2.42. The monoisotopic (exact) mass is 318 g/mol.